The summed E-state index contributed by atoms with van der Waals surface area (Å²) in [6.07, 6.45) is -0.943. The molecule has 0 aromatic rings. The van der Waals surface area contributed by atoms with E-state index in [1.165, 1.54) is 4.31 Å². The fraction of sp³-hybridized carbons (Fsp3) is 0.889. The van der Waals surface area contributed by atoms with Gasteiger partial charge in [0.1, 0.15) is 0 Å². The van der Waals surface area contributed by atoms with Crippen molar-refractivity contribution in [1.29, 1.82) is 0 Å². The number of rotatable bonds is 5. The van der Waals surface area contributed by atoms with Crippen molar-refractivity contribution >= 4 is 16.3 Å². The minimum atomic E-state index is -3.79. The molecule has 1 heterocycles. The zero-order valence-corrected chi connectivity index (χ0v) is 11.3. The molecule has 0 spiro atoms. The first-order valence-corrected chi connectivity index (χ1v) is 7.30. The smallest absolute Gasteiger partial charge is 0.421 e. The van der Waals surface area contributed by atoms with Crippen LogP contribution >= 0.6 is 0 Å². The normalized spacial score (nSPS) is 18.6. The van der Waals surface area contributed by atoms with Crippen molar-refractivity contribution in [2.75, 3.05) is 45.9 Å². The lowest BCUT2D eigenvalue weighted by molar-refractivity contribution is 0.156. The first-order chi connectivity index (χ1) is 8.49. The van der Waals surface area contributed by atoms with Crippen molar-refractivity contribution in [3.8, 4) is 0 Å². The van der Waals surface area contributed by atoms with Crippen LogP contribution in [0, 0.1) is 0 Å². The van der Waals surface area contributed by atoms with Gasteiger partial charge in [-0.1, -0.05) is 0 Å². The Balaban J connectivity index is 2.47. The van der Waals surface area contributed by atoms with Crippen molar-refractivity contribution in [1.82, 2.24) is 13.9 Å². The Hall–Kier alpha value is -0.900. The molecule has 1 rings (SSSR count). The van der Waals surface area contributed by atoms with Gasteiger partial charge in [-0.3, -0.25) is 4.90 Å². The minimum absolute atomic E-state index is 0.131. The molecule has 9 heteroatoms. The fourth-order valence-electron chi connectivity index (χ4n) is 1.71. The maximum Gasteiger partial charge on any atom is 0.421 e. The average molecular weight is 280 g/mol. The van der Waals surface area contributed by atoms with Crippen LogP contribution in [0.5, 0.6) is 0 Å². The molecule has 0 radical (unpaired) electrons. The number of carbonyl (C=O) groups excluding carboxylic acids is 1. The van der Waals surface area contributed by atoms with E-state index in [1.807, 2.05) is 4.72 Å². The van der Waals surface area contributed by atoms with Crippen LogP contribution in [-0.2, 0) is 14.9 Å². The highest BCUT2D eigenvalue weighted by Gasteiger charge is 2.28. The second-order valence-corrected chi connectivity index (χ2v) is 5.53. The number of hydrogen-bond donors (Lipinski definition) is 2. The molecule has 0 saturated carbocycles. The SMILES string of the molecule is CCOC(=O)NS(=O)(=O)N1CCN(CCN)CC1. The van der Waals surface area contributed by atoms with Gasteiger partial charge in [-0.2, -0.15) is 12.7 Å². The zero-order chi connectivity index (χ0) is 13.6. The van der Waals surface area contributed by atoms with Gasteiger partial charge in [0, 0.05) is 39.3 Å². The molecule has 1 saturated heterocycles. The van der Waals surface area contributed by atoms with Crippen LogP contribution in [0.4, 0.5) is 4.79 Å². The van der Waals surface area contributed by atoms with Crippen LogP contribution in [0.2, 0.25) is 0 Å². The molecule has 0 atom stereocenters. The van der Waals surface area contributed by atoms with E-state index in [-0.39, 0.29) is 6.61 Å². The van der Waals surface area contributed by atoms with Crippen molar-refractivity contribution < 1.29 is 17.9 Å². The third-order valence-electron chi connectivity index (χ3n) is 2.60. The maximum absolute atomic E-state index is 11.8. The van der Waals surface area contributed by atoms with E-state index in [0.717, 1.165) is 6.54 Å². The number of amides is 1. The quantitative estimate of drug-likeness (QED) is 0.638. The minimum Gasteiger partial charge on any atom is -0.449 e. The summed E-state index contributed by atoms with van der Waals surface area (Å²) in [7, 11) is -3.79. The second kappa shape index (κ2) is 6.88. The largest absolute Gasteiger partial charge is 0.449 e. The predicted octanol–water partition coefficient (Wildman–Crippen LogP) is -1.45. The van der Waals surface area contributed by atoms with Crippen molar-refractivity contribution in [3.05, 3.63) is 0 Å². The van der Waals surface area contributed by atoms with Crippen molar-refractivity contribution in [3.63, 3.8) is 0 Å². The van der Waals surface area contributed by atoms with Gasteiger partial charge in [0.05, 0.1) is 6.61 Å². The molecule has 106 valence electrons. The van der Waals surface area contributed by atoms with Gasteiger partial charge >= 0.3 is 16.3 Å². The second-order valence-electron chi connectivity index (χ2n) is 3.86. The van der Waals surface area contributed by atoms with E-state index in [4.69, 9.17) is 5.73 Å². The lowest BCUT2D eigenvalue weighted by atomic mass is 10.3. The summed E-state index contributed by atoms with van der Waals surface area (Å²) in [6.45, 7) is 4.95. The summed E-state index contributed by atoms with van der Waals surface area (Å²) < 4.78 is 31.3. The molecule has 0 aliphatic carbocycles. The van der Waals surface area contributed by atoms with Crippen LogP contribution in [0.15, 0.2) is 0 Å². The number of hydrogen-bond acceptors (Lipinski definition) is 6. The van der Waals surface area contributed by atoms with Crippen LogP contribution in [0.25, 0.3) is 0 Å². The standard InChI is InChI=1S/C9H20N4O4S/c1-2-17-9(14)11-18(15,16)13-7-5-12(4-3-10)6-8-13/h2-8,10H2,1H3,(H,11,14). The number of nitrogens with zero attached hydrogens (tertiary/aromatic N) is 2. The Kier molecular flexibility index (Phi) is 5.79. The summed E-state index contributed by atoms with van der Waals surface area (Å²) in [5.41, 5.74) is 5.43. The summed E-state index contributed by atoms with van der Waals surface area (Å²) in [5, 5.41) is 0. The highest BCUT2D eigenvalue weighted by molar-refractivity contribution is 7.87. The number of ether oxygens (including phenoxy) is 1. The lowest BCUT2D eigenvalue weighted by Crippen LogP contribution is -2.53. The van der Waals surface area contributed by atoms with Crippen LogP contribution in [0.3, 0.4) is 0 Å². The highest BCUT2D eigenvalue weighted by atomic mass is 32.2. The van der Waals surface area contributed by atoms with Gasteiger partial charge in [0.25, 0.3) is 0 Å². The molecule has 3 N–H and O–H groups in total. The van der Waals surface area contributed by atoms with Gasteiger partial charge in [-0.15, -0.1) is 0 Å². The Labute approximate surface area is 107 Å². The van der Waals surface area contributed by atoms with E-state index in [9.17, 15) is 13.2 Å². The Morgan fingerprint density at radius 3 is 2.44 bits per heavy atom. The zero-order valence-electron chi connectivity index (χ0n) is 10.5. The molecular weight excluding hydrogens is 260 g/mol. The third-order valence-corrected chi connectivity index (χ3v) is 4.07. The summed E-state index contributed by atoms with van der Waals surface area (Å²) >= 11 is 0. The molecule has 0 bridgehead atoms. The molecule has 1 aliphatic rings. The summed E-state index contributed by atoms with van der Waals surface area (Å²) in [6, 6.07) is 0. The Bertz CT molecular complexity index is 365. The van der Waals surface area contributed by atoms with E-state index >= 15 is 0 Å². The molecule has 18 heavy (non-hydrogen) atoms. The lowest BCUT2D eigenvalue weighted by Gasteiger charge is -2.33. The molecule has 1 fully saturated rings. The van der Waals surface area contributed by atoms with Gasteiger partial charge in [-0.05, 0) is 6.92 Å². The van der Waals surface area contributed by atoms with E-state index < -0.39 is 16.3 Å². The maximum atomic E-state index is 11.8. The van der Waals surface area contributed by atoms with E-state index in [1.54, 1.807) is 6.92 Å². The van der Waals surface area contributed by atoms with Crippen LogP contribution in [0.1, 0.15) is 6.92 Å². The van der Waals surface area contributed by atoms with E-state index in [2.05, 4.69) is 9.64 Å². The third kappa shape index (κ3) is 4.41. The molecule has 0 aromatic carbocycles. The highest BCUT2D eigenvalue weighted by Crippen LogP contribution is 2.05. The Morgan fingerprint density at radius 2 is 1.94 bits per heavy atom. The summed E-state index contributed by atoms with van der Waals surface area (Å²) in [5.74, 6) is 0. The fourth-order valence-corrected chi connectivity index (χ4v) is 2.75. The van der Waals surface area contributed by atoms with Gasteiger partial charge in [0.15, 0.2) is 0 Å². The monoisotopic (exact) mass is 280 g/mol. The van der Waals surface area contributed by atoms with Crippen LogP contribution in [-0.4, -0.2) is 69.6 Å². The van der Waals surface area contributed by atoms with Gasteiger partial charge < -0.3 is 10.5 Å². The summed E-state index contributed by atoms with van der Waals surface area (Å²) in [4.78, 5) is 13.2. The topological polar surface area (TPSA) is 105 Å². The molecule has 1 amide bonds. The molecular formula is C9H20N4O4S. The van der Waals surface area contributed by atoms with E-state index in [0.29, 0.717) is 32.7 Å². The predicted molar refractivity (Wildman–Crippen MR) is 66.1 cm³/mol. The van der Waals surface area contributed by atoms with Crippen LogP contribution < -0.4 is 10.5 Å². The first-order valence-electron chi connectivity index (χ1n) is 5.86. The molecule has 0 aromatic heterocycles. The number of nitrogens with one attached hydrogen (secondary N) is 1. The Morgan fingerprint density at radius 1 is 1.33 bits per heavy atom. The van der Waals surface area contributed by atoms with Gasteiger partial charge in [0.2, 0.25) is 0 Å². The first kappa shape index (κ1) is 15.2. The molecule has 8 nitrogen and oxygen atoms in total. The average Bonchev–Trinajstić information content (AvgIpc) is 2.29. The molecule has 0 unspecified atom stereocenters. The van der Waals surface area contributed by atoms with Gasteiger partial charge in [-0.25, -0.2) is 9.52 Å². The van der Waals surface area contributed by atoms with Crippen molar-refractivity contribution in [2.24, 2.45) is 5.73 Å². The number of carbonyl (C=O) groups is 1. The number of nitrogens with two attached hydrogens (primary N) is 1. The molecule has 1 aliphatic heterocycles. The van der Waals surface area contributed by atoms with Crippen molar-refractivity contribution in [2.45, 2.75) is 6.92 Å². The number of piperazine rings is 1.